The lowest BCUT2D eigenvalue weighted by atomic mass is 10.1. The van der Waals surface area contributed by atoms with Crippen molar-refractivity contribution in [3.05, 3.63) is 18.1 Å². The van der Waals surface area contributed by atoms with Crippen molar-refractivity contribution in [3.8, 4) is 0 Å². The van der Waals surface area contributed by atoms with Gasteiger partial charge in [0.25, 0.3) is 0 Å². The van der Waals surface area contributed by atoms with E-state index in [0.717, 1.165) is 24.6 Å². The van der Waals surface area contributed by atoms with E-state index in [1.54, 1.807) is 18.3 Å². The number of carbonyl (C=O) groups is 1. The first kappa shape index (κ1) is 16.5. The highest BCUT2D eigenvalue weighted by Crippen LogP contribution is 2.24. The molecule has 6 nitrogen and oxygen atoms in total. The van der Waals surface area contributed by atoms with Crippen LogP contribution in [0.25, 0.3) is 0 Å². The first-order valence-electron chi connectivity index (χ1n) is 7.70. The second kappa shape index (κ2) is 6.10. The molecule has 0 bridgehead atoms. The van der Waals surface area contributed by atoms with Gasteiger partial charge in [-0.15, -0.1) is 0 Å². The highest BCUT2D eigenvalue weighted by molar-refractivity contribution is 5.69. The number of carbonyl (C=O) groups excluding carboxylic acids is 1. The molecule has 0 N–H and O–H groups in total. The highest BCUT2D eigenvalue weighted by atomic mass is 16.6. The molecule has 0 atom stereocenters. The third-order valence-corrected chi connectivity index (χ3v) is 3.68. The summed E-state index contributed by atoms with van der Waals surface area (Å²) in [5.41, 5.74) is 0.571. The Labute approximate surface area is 132 Å². The van der Waals surface area contributed by atoms with E-state index in [1.807, 2.05) is 26.8 Å². The fraction of sp³-hybridized carbons (Fsp3) is 0.688. The van der Waals surface area contributed by atoms with Crippen molar-refractivity contribution in [2.75, 3.05) is 25.0 Å². The van der Waals surface area contributed by atoms with Gasteiger partial charge in [0, 0.05) is 31.9 Å². The van der Waals surface area contributed by atoms with Crippen LogP contribution < -0.4 is 4.90 Å². The first-order chi connectivity index (χ1) is 10.2. The summed E-state index contributed by atoms with van der Waals surface area (Å²) in [6.07, 6.45) is 1.33. The zero-order chi connectivity index (χ0) is 16.5. The monoisotopic (exact) mass is 306 g/mol. The van der Waals surface area contributed by atoms with Gasteiger partial charge in [-0.1, -0.05) is 13.8 Å². The molecule has 0 aromatic carbocycles. The molecule has 122 valence electrons. The molecule has 1 aromatic heterocycles. The zero-order valence-corrected chi connectivity index (χ0v) is 14.3. The summed E-state index contributed by atoms with van der Waals surface area (Å²) in [6.45, 7) is 11.4. The lowest BCUT2D eigenvalue weighted by molar-refractivity contribution is 0.0196. The summed E-state index contributed by atoms with van der Waals surface area (Å²) in [5, 5.41) is 0. The van der Waals surface area contributed by atoms with Crippen LogP contribution in [0.1, 0.15) is 46.2 Å². The van der Waals surface area contributed by atoms with Crippen molar-refractivity contribution in [1.29, 1.82) is 0 Å². The number of likely N-dealkylation sites (N-methyl/N-ethyl adjacent to an activating group) is 1. The molecular formula is C16H26N4O2. The van der Waals surface area contributed by atoms with Crippen molar-refractivity contribution in [3.63, 3.8) is 0 Å². The van der Waals surface area contributed by atoms with Crippen LogP contribution in [-0.4, -0.2) is 52.7 Å². The highest BCUT2D eigenvalue weighted by Gasteiger charge is 2.35. The number of hydrogen-bond acceptors (Lipinski definition) is 5. The van der Waals surface area contributed by atoms with Gasteiger partial charge < -0.3 is 14.5 Å². The van der Waals surface area contributed by atoms with E-state index < -0.39 is 5.60 Å². The second-order valence-electron chi connectivity index (χ2n) is 7.11. The molecule has 1 fully saturated rings. The van der Waals surface area contributed by atoms with Crippen LogP contribution in [0.2, 0.25) is 0 Å². The lowest BCUT2D eigenvalue weighted by Crippen LogP contribution is -2.60. The van der Waals surface area contributed by atoms with E-state index in [-0.39, 0.29) is 12.1 Å². The second-order valence-corrected chi connectivity index (χ2v) is 7.11. The molecule has 1 aliphatic heterocycles. The predicted octanol–water partition coefficient (Wildman–Crippen LogP) is 2.66. The third-order valence-electron chi connectivity index (χ3n) is 3.68. The van der Waals surface area contributed by atoms with Crippen molar-refractivity contribution in [2.45, 2.75) is 52.2 Å². The minimum atomic E-state index is -0.465. The maximum Gasteiger partial charge on any atom is 0.410 e. The molecule has 0 aliphatic carbocycles. The van der Waals surface area contributed by atoms with E-state index >= 15 is 0 Å². The molecular weight excluding hydrogens is 280 g/mol. The molecule has 0 radical (unpaired) electrons. The van der Waals surface area contributed by atoms with E-state index in [0.29, 0.717) is 5.92 Å². The lowest BCUT2D eigenvalue weighted by Gasteiger charge is -2.44. The van der Waals surface area contributed by atoms with Crippen molar-refractivity contribution in [2.24, 2.45) is 0 Å². The molecule has 1 aliphatic rings. The quantitative estimate of drug-likeness (QED) is 0.859. The van der Waals surface area contributed by atoms with E-state index in [9.17, 15) is 4.79 Å². The van der Waals surface area contributed by atoms with Crippen LogP contribution in [0, 0.1) is 0 Å². The molecule has 1 amide bonds. The smallest absolute Gasteiger partial charge is 0.410 e. The van der Waals surface area contributed by atoms with Crippen LogP contribution in [0.4, 0.5) is 10.6 Å². The average molecular weight is 306 g/mol. The number of aromatic nitrogens is 2. The third kappa shape index (κ3) is 3.87. The fourth-order valence-corrected chi connectivity index (χ4v) is 2.22. The van der Waals surface area contributed by atoms with Gasteiger partial charge in [0.2, 0.25) is 0 Å². The Morgan fingerprint density at radius 2 is 2.00 bits per heavy atom. The molecule has 0 spiro atoms. The largest absolute Gasteiger partial charge is 0.444 e. The van der Waals surface area contributed by atoms with Crippen LogP contribution in [-0.2, 0) is 4.74 Å². The molecule has 0 unspecified atom stereocenters. The Kier molecular flexibility index (Phi) is 4.58. The fourth-order valence-electron chi connectivity index (χ4n) is 2.22. The predicted molar refractivity (Wildman–Crippen MR) is 86.1 cm³/mol. The maximum atomic E-state index is 12.0. The summed E-state index contributed by atoms with van der Waals surface area (Å²) in [7, 11) is 1.79. The number of amides is 1. The maximum absolute atomic E-state index is 12.0. The number of ether oxygens (including phenoxy) is 1. The Bertz CT molecular complexity index is 533. The van der Waals surface area contributed by atoms with Gasteiger partial charge in [0.15, 0.2) is 0 Å². The number of nitrogens with zero attached hydrogens (tertiary/aromatic N) is 4. The summed E-state index contributed by atoms with van der Waals surface area (Å²) in [5.74, 6) is 1.30. The Hall–Kier alpha value is -1.85. The van der Waals surface area contributed by atoms with Gasteiger partial charge in [0.1, 0.15) is 17.7 Å². The SMILES string of the molecule is CC(C)c1cc(N2CC(N(C)C(=O)OC(C)(C)C)C2)ncn1. The van der Waals surface area contributed by atoms with Gasteiger partial charge in [-0.3, -0.25) is 0 Å². The van der Waals surface area contributed by atoms with Gasteiger partial charge in [0.05, 0.1) is 6.04 Å². The minimum Gasteiger partial charge on any atom is -0.444 e. The van der Waals surface area contributed by atoms with E-state index in [2.05, 4.69) is 28.7 Å². The summed E-state index contributed by atoms with van der Waals surface area (Å²) < 4.78 is 5.39. The molecule has 1 aromatic rings. The van der Waals surface area contributed by atoms with Crippen molar-refractivity contribution < 1.29 is 9.53 Å². The van der Waals surface area contributed by atoms with Crippen LogP contribution in [0.3, 0.4) is 0 Å². The van der Waals surface area contributed by atoms with E-state index in [1.165, 1.54) is 0 Å². The molecule has 0 saturated carbocycles. The van der Waals surface area contributed by atoms with Gasteiger partial charge in [-0.25, -0.2) is 14.8 Å². The molecule has 2 rings (SSSR count). The van der Waals surface area contributed by atoms with Crippen molar-refractivity contribution >= 4 is 11.9 Å². The minimum absolute atomic E-state index is 0.160. The van der Waals surface area contributed by atoms with Crippen molar-refractivity contribution in [1.82, 2.24) is 14.9 Å². The zero-order valence-electron chi connectivity index (χ0n) is 14.3. The summed E-state index contributed by atoms with van der Waals surface area (Å²) in [6, 6.07) is 2.18. The number of rotatable bonds is 3. The molecule has 1 saturated heterocycles. The number of hydrogen-bond donors (Lipinski definition) is 0. The van der Waals surface area contributed by atoms with Crippen LogP contribution >= 0.6 is 0 Å². The Morgan fingerprint density at radius 3 is 2.55 bits per heavy atom. The molecule has 2 heterocycles. The molecule has 22 heavy (non-hydrogen) atoms. The van der Waals surface area contributed by atoms with E-state index in [4.69, 9.17) is 4.74 Å². The number of anilines is 1. The Morgan fingerprint density at radius 1 is 1.36 bits per heavy atom. The van der Waals surface area contributed by atoms with Gasteiger partial charge in [-0.2, -0.15) is 0 Å². The average Bonchev–Trinajstić information content (AvgIpc) is 2.35. The summed E-state index contributed by atoms with van der Waals surface area (Å²) >= 11 is 0. The normalized spacial score (nSPS) is 15.7. The summed E-state index contributed by atoms with van der Waals surface area (Å²) in [4.78, 5) is 24.5. The Balaban J connectivity index is 1.92. The van der Waals surface area contributed by atoms with Crippen LogP contribution in [0.15, 0.2) is 12.4 Å². The van der Waals surface area contributed by atoms with Gasteiger partial charge >= 0.3 is 6.09 Å². The molecule has 6 heteroatoms. The first-order valence-corrected chi connectivity index (χ1v) is 7.70. The standard InChI is InChI=1S/C16H26N4O2/c1-11(2)13-7-14(18-10-17-13)20-8-12(9-20)19(6)15(21)22-16(3,4)5/h7,10-12H,8-9H2,1-6H3. The topological polar surface area (TPSA) is 58.6 Å². The van der Waals surface area contributed by atoms with Crippen LogP contribution in [0.5, 0.6) is 0 Å². The van der Waals surface area contributed by atoms with Gasteiger partial charge in [-0.05, 0) is 26.7 Å².